The minimum absolute atomic E-state index is 0.125. The maximum absolute atomic E-state index is 12.3. The topological polar surface area (TPSA) is 77.2 Å². The van der Waals surface area contributed by atoms with Crippen LogP contribution < -0.4 is 11.1 Å². The van der Waals surface area contributed by atoms with E-state index in [9.17, 15) is 4.79 Å². The van der Waals surface area contributed by atoms with Crippen LogP contribution in [0.3, 0.4) is 0 Å². The Morgan fingerprint density at radius 3 is 3.00 bits per heavy atom. The van der Waals surface area contributed by atoms with Crippen molar-refractivity contribution in [1.82, 2.24) is 4.98 Å². The average molecular weight is 295 g/mol. The van der Waals surface area contributed by atoms with Crippen molar-refractivity contribution in [3.05, 3.63) is 10.6 Å². The van der Waals surface area contributed by atoms with E-state index in [1.807, 2.05) is 0 Å². The number of rotatable bonds is 2. The Bertz CT molecular complexity index is 509. The first kappa shape index (κ1) is 14.0. The van der Waals surface area contributed by atoms with Crippen LogP contribution >= 0.6 is 11.3 Å². The zero-order valence-corrected chi connectivity index (χ0v) is 12.6. The molecule has 20 heavy (non-hydrogen) atoms. The number of nitrogens with zero attached hydrogens (tertiary/aromatic N) is 1. The normalized spacial score (nSPS) is 25.0. The Labute approximate surface area is 122 Å². The smallest absolute Gasteiger partial charge is 0.246 e. The quantitative estimate of drug-likeness (QED) is 0.871. The molecule has 5 nitrogen and oxygen atoms in total. The number of aromatic nitrogens is 1. The van der Waals surface area contributed by atoms with Gasteiger partial charge in [0, 0.05) is 18.1 Å². The molecule has 1 atom stereocenters. The van der Waals surface area contributed by atoms with Gasteiger partial charge in [-0.3, -0.25) is 4.79 Å². The van der Waals surface area contributed by atoms with Crippen molar-refractivity contribution in [2.45, 2.75) is 44.6 Å². The molecule has 0 radical (unpaired) electrons. The number of carbonyl (C=O) groups is 1. The van der Waals surface area contributed by atoms with Gasteiger partial charge in [0.05, 0.1) is 5.69 Å². The van der Waals surface area contributed by atoms with Gasteiger partial charge in [0.25, 0.3) is 0 Å². The first-order valence-electron chi connectivity index (χ1n) is 7.23. The highest BCUT2D eigenvalue weighted by atomic mass is 32.1. The van der Waals surface area contributed by atoms with Crippen LogP contribution in [0.2, 0.25) is 0 Å². The second-order valence-electron chi connectivity index (χ2n) is 5.96. The lowest BCUT2D eigenvalue weighted by atomic mass is 9.90. The molecule has 3 N–H and O–H groups in total. The van der Waals surface area contributed by atoms with Crippen molar-refractivity contribution < 1.29 is 9.53 Å². The van der Waals surface area contributed by atoms with Crippen molar-refractivity contribution in [1.29, 1.82) is 0 Å². The number of hydrogen-bond acceptors (Lipinski definition) is 5. The van der Waals surface area contributed by atoms with Gasteiger partial charge in [-0.2, -0.15) is 0 Å². The molecule has 1 amide bonds. The highest BCUT2D eigenvalue weighted by Crippen LogP contribution is 2.32. The van der Waals surface area contributed by atoms with Crippen LogP contribution in [0.15, 0.2) is 0 Å². The SMILES string of the molecule is CC1CCc2nc(NC(=O)C3(N)CCOCC3)sc2C1. The summed E-state index contributed by atoms with van der Waals surface area (Å²) >= 11 is 1.60. The summed E-state index contributed by atoms with van der Waals surface area (Å²) in [5.41, 5.74) is 6.53. The van der Waals surface area contributed by atoms with E-state index in [4.69, 9.17) is 10.5 Å². The van der Waals surface area contributed by atoms with E-state index in [1.165, 1.54) is 11.3 Å². The van der Waals surface area contributed by atoms with E-state index in [2.05, 4.69) is 17.2 Å². The second-order valence-corrected chi connectivity index (χ2v) is 7.04. The predicted octanol–water partition coefficient (Wildman–Crippen LogP) is 1.71. The van der Waals surface area contributed by atoms with Crippen molar-refractivity contribution in [2.75, 3.05) is 18.5 Å². The minimum atomic E-state index is -0.808. The van der Waals surface area contributed by atoms with Gasteiger partial charge >= 0.3 is 0 Å². The Morgan fingerprint density at radius 1 is 1.50 bits per heavy atom. The molecule has 1 unspecified atom stereocenters. The van der Waals surface area contributed by atoms with Crippen LogP contribution in [-0.2, 0) is 22.4 Å². The molecule has 0 aromatic carbocycles. The number of ether oxygens (including phenoxy) is 1. The summed E-state index contributed by atoms with van der Waals surface area (Å²) in [6.07, 6.45) is 4.42. The zero-order valence-electron chi connectivity index (χ0n) is 11.8. The van der Waals surface area contributed by atoms with E-state index < -0.39 is 5.54 Å². The van der Waals surface area contributed by atoms with Gasteiger partial charge in [-0.15, -0.1) is 11.3 Å². The van der Waals surface area contributed by atoms with E-state index in [0.29, 0.717) is 37.1 Å². The molecule has 1 aromatic rings. The summed E-state index contributed by atoms with van der Waals surface area (Å²) in [7, 11) is 0. The van der Waals surface area contributed by atoms with Crippen molar-refractivity contribution in [2.24, 2.45) is 11.7 Å². The third kappa shape index (κ3) is 2.73. The maximum Gasteiger partial charge on any atom is 0.246 e. The average Bonchev–Trinajstić information content (AvgIpc) is 2.81. The Balaban J connectivity index is 1.70. The van der Waals surface area contributed by atoms with Gasteiger partial charge in [-0.1, -0.05) is 6.92 Å². The zero-order chi connectivity index (χ0) is 14.2. The van der Waals surface area contributed by atoms with Crippen LogP contribution in [0, 0.1) is 5.92 Å². The van der Waals surface area contributed by atoms with E-state index in [1.54, 1.807) is 11.3 Å². The molecule has 1 saturated heterocycles. The summed E-state index contributed by atoms with van der Waals surface area (Å²) in [6.45, 7) is 3.36. The summed E-state index contributed by atoms with van der Waals surface area (Å²) in [4.78, 5) is 18.2. The summed E-state index contributed by atoms with van der Waals surface area (Å²) in [6, 6.07) is 0. The predicted molar refractivity (Wildman–Crippen MR) is 78.9 cm³/mol. The lowest BCUT2D eigenvalue weighted by Crippen LogP contribution is -2.54. The lowest BCUT2D eigenvalue weighted by molar-refractivity contribution is -0.124. The summed E-state index contributed by atoms with van der Waals surface area (Å²) in [5, 5.41) is 3.61. The number of thiazole rings is 1. The molecule has 3 rings (SSSR count). The number of fused-ring (bicyclic) bond motifs is 1. The van der Waals surface area contributed by atoms with Gasteiger partial charge in [0.1, 0.15) is 5.54 Å². The number of carbonyl (C=O) groups excluding carboxylic acids is 1. The molecule has 6 heteroatoms. The van der Waals surface area contributed by atoms with Crippen molar-refractivity contribution in [3.8, 4) is 0 Å². The maximum atomic E-state index is 12.3. The van der Waals surface area contributed by atoms with Gasteiger partial charge in [-0.05, 0) is 38.0 Å². The first-order chi connectivity index (χ1) is 9.57. The molecular weight excluding hydrogens is 274 g/mol. The fourth-order valence-corrected chi connectivity index (χ4v) is 3.94. The van der Waals surface area contributed by atoms with Crippen LogP contribution in [-0.4, -0.2) is 29.6 Å². The Kier molecular flexibility index (Phi) is 3.79. The summed E-state index contributed by atoms with van der Waals surface area (Å²) < 4.78 is 5.27. The van der Waals surface area contributed by atoms with Crippen LogP contribution in [0.1, 0.15) is 36.8 Å². The standard InChI is InChI=1S/C14H21N3O2S/c1-9-2-3-10-11(8-9)20-13(16-10)17-12(18)14(15)4-6-19-7-5-14/h9H,2-8,15H2,1H3,(H,16,17,18). The molecule has 1 aromatic heterocycles. The molecule has 1 aliphatic heterocycles. The summed E-state index contributed by atoms with van der Waals surface area (Å²) in [5.74, 6) is 0.586. The van der Waals surface area contributed by atoms with Crippen molar-refractivity contribution >= 4 is 22.4 Å². The molecular formula is C14H21N3O2S. The third-order valence-electron chi connectivity index (χ3n) is 4.24. The number of nitrogens with two attached hydrogens (primary N) is 1. The largest absolute Gasteiger partial charge is 0.381 e. The third-order valence-corrected chi connectivity index (χ3v) is 5.28. The minimum Gasteiger partial charge on any atom is -0.381 e. The second kappa shape index (κ2) is 5.42. The Morgan fingerprint density at radius 2 is 2.25 bits per heavy atom. The molecule has 0 saturated carbocycles. The van der Waals surface area contributed by atoms with E-state index in [0.717, 1.165) is 18.5 Å². The molecule has 0 spiro atoms. The van der Waals surface area contributed by atoms with Crippen molar-refractivity contribution in [3.63, 3.8) is 0 Å². The number of anilines is 1. The number of hydrogen-bond donors (Lipinski definition) is 2. The highest BCUT2D eigenvalue weighted by molar-refractivity contribution is 7.15. The molecule has 1 aliphatic carbocycles. The monoisotopic (exact) mass is 295 g/mol. The molecule has 2 heterocycles. The van der Waals surface area contributed by atoms with Gasteiger partial charge in [0.15, 0.2) is 5.13 Å². The van der Waals surface area contributed by atoms with Gasteiger partial charge < -0.3 is 15.8 Å². The molecule has 2 aliphatic rings. The lowest BCUT2D eigenvalue weighted by Gasteiger charge is -2.31. The molecule has 0 bridgehead atoms. The van der Waals surface area contributed by atoms with Crippen LogP contribution in [0.5, 0.6) is 0 Å². The van der Waals surface area contributed by atoms with Gasteiger partial charge in [-0.25, -0.2) is 4.98 Å². The molecule has 1 fully saturated rings. The number of nitrogens with one attached hydrogen (secondary N) is 1. The van der Waals surface area contributed by atoms with Gasteiger partial charge in [0.2, 0.25) is 5.91 Å². The van der Waals surface area contributed by atoms with E-state index >= 15 is 0 Å². The Hall–Kier alpha value is -0.980. The van der Waals surface area contributed by atoms with Crippen LogP contribution in [0.25, 0.3) is 0 Å². The van der Waals surface area contributed by atoms with Crippen LogP contribution in [0.4, 0.5) is 5.13 Å². The van der Waals surface area contributed by atoms with E-state index in [-0.39, 0.29) is 5.91 Å². The first-order valence-corrected chi connectivity index (χ1v) is 8.05. The highest BCUT2D eigenvalue weighted by Gasteiger charge is 2.36. The number of aryl methyl sites for hydroxylation is 1. The fourth-order valence-electron chi connectivity index (χ4n) is 2.78. The number of amides is 1. The fraction of sp³-hybridized carbons (Fsp3) is 0.714. The molecule has 110 valence electrons.